The lowest BCUT2D eigenvalue weighted by molar-refractivity contribution is -0.121. The molecule has 5 rings (SSSR count). The van der Waals surface area contributed by atoms with Crippen molar-refractivity contribution in [2.75, 3.05) is 6.54 Å². The molecule has 1 aromatic heterocycles. The maximum absolute atomic E-state index is 12.9. The monoisotopic (exact) mass is 452 g/mol. The van der Waals surface area contributed by atoms with Crippen LogP contribution in [0.15, 0.2) is 79.4 Å². The SMILES string of the molecule is O=C(CCCN1C(=O)c2cccc3cccc(c23)C1=O)NCc1ccc(Cn2ccnc2)cc1. The molecule has 0 radical (unpaired) electrons. The highest BCUT2D eigenvalue weighted by Crippen LogP contribution is 2.30. The zero-order valence-electron chi connectivity index (χ0n) is 18.6. The van der Waals surface area contributed by atoms with E-state index in [-0.39, 0.29) is 30.7 Å². The molecule has 0 atom stereocenters. The van der Waals surface area contributed by atoms with E-state index < -0.39 is 0 Å². The molecule has 2 heterocycles. The van der Waals surface area contributed by atoms with Crippen LogP contribution in [0.4, 0.5) is 0 Å². The molecule has 1 aliphatic rings. The van der Waals surface area contributed by atoms with Crippen molar-refractivity contribution in [2.24, 2.45) is 0 Å². The van der Waals surface area contributed by atoms with Crippen molar-refractivity contribution in [3.8, 4) is 0 Å². The number of benzene rings is 3. The lowest BCUT2D eigenvalue weighted by Crippen LogP contribution is -2.41. The predicted molar refractivity (Wildman–Crippen MR) is 128 cm³/mol. The van der Waals surface area contributed by atoms with Crippen LogP contribution >= 0.6 is 0 Å². The number of imide groups is 1. The quantitative estimate of drug-likeness (QED) is 0.413. The Morgan fingerprint density at radius 1 is 0.882 bits per heavy atom. The van der Waals surface area contributed by atoms with Gasteiger partial charge in [-0.15, -0.1) is 0 Å². The number of carbonyl (C=O) groups excluding carboxylic acids is 3. The number of nitrogens with zero attached hydrogens (tertiary/aromatic N) is 3. The molecule has 4 aromatic rings. The Morgan fingerprint density at radius 3 is 2.21 bits per heavy atom. The fraction of sp³-hybridized carbons (Fsp3) is 0.185. The Morgan fingerprint density at radius 2 is 1.56 bits per heavy atom. The summed E-state index contributed by atoms with van der Waals surface area (Å²) in [7, 11) is 0. The first-order valence-corrected chi connectivity index (χ1v) is 11.3. The molecule has 0 fully saturated rings. The van der Waals surface area contributed by atoms with E-state index >= 15 is 0 Å². The summed E-state index contributed by atoms with van der Waals surface area (Å²) in [6, 6.07) is 19.0. The van der Waals surface area contributed by atoms with Crippen molar-refractivity contribution >= 4 is 28.5 Å². The number of nitrogens with one attached hydrogen (secondary N) is 1. The molecule has 34 heavy (non-hydrogen) atoms. The van der Waals surface area contributed by atoms with Crippen LogP contribution in [0.25, 0.3) is 10.8 Å². The van der Waals surface area contributed by atoms with Gasteiger partial charge in [-0.3, -0.25) is 19.3 Å². The number of amides is 3. The van der Waals surface area contributed by atoms with Crippen molar-refractivity contribution in [3.05, 3.63) is 102 Å². The summed E-state index contributed by atoms with van der Waals surface area (Å²) in [6.07, 6.45) is 6.09. The Bertz CT molecular complexity index is 1310. The Labute approximate surface area is 197 Å². The van der Waals surface area contributed by atoms with Crippen LogP contribution in [0.5, 0.6) is 0 Å². The van der Waals surface area contributed by atoms with Gasteiger partial charge in [0, 0.05) is 55.0 Å². The number of hydrogen-bond acceptors (Lipinski definition) is 4. The van der Waals surface area contributed by atoms with Crippen LogP contribution in [0.3, 0.4) is 0 Å². The van der Waals surface area contributed by atoms with Crippen LogP contribution in [0, 0.1) is 0 Å². The molecule has 3 aromatic carbocycles. The topological polar surface area (TPSA) is 84.3 Å². The third-order valence-electron chi connectivity index (χ3n) is 6.08. The van der Waals surface area contributed by atoms with E-state index in [0.29, 0.717) is 29.5 Å². The van der Waals surface area contributed by atoms with Gasteiger partial charge in [0.1, 0.15) is 0 Å². The minimum atomic E-state index is -0.300. The first kappa shape index (κ1) is 21.6. The van der Waals surface area contributed by atoms with Crippen molar-refractivity contribution in [1.82, 2.24) is 19.8 Å². The van der Waals surface area contributed by atoms with E-state index in [1.807, 2.05) is 59.3 Å². The van der Waals surface area contributed by atoms with Gasteiger partial charge >= 0.3 is 0 Å². The maximum Gasteiger partial charge on any atom is 0.261 e. The highest BCUT2D eigenvalue weighted by Gasteiger charge is 2.32. The van der Waals surface area contributed by atoms with Gasteiger partial charge in [0.15, 0.2) is 0 Å². The van der Waals surface area contributed by atoms with E-state index in [0.717, 1.165) is 23.1 Å². The van der Waals surface area contributed by atoms with Gasteiger partial charge in [-0.2, -0.15) is 0 Å². The van der Waals surface area contributed by atoms with Crippen molar-refractivity contribution in [1.29, 1.82) is 0 Å². The molecule has 170 valence electrons. The fourth-order valence-corrected chi connectivity index (χ4v) is 4.32. The fourth-order valence-electron chi connectivity index (χ4n) is 4.32. The Kier molecular flexibility index (Phi) is 5.91. The van der Waals surface area contributed by atoms with Crippen LogP contribution < -0.4 is 5.32 Å². The summed E-state index contributed by atoms with van der Waals surface area (Å²) in [5, 5.41) is 4.51. The molecule has 1 aliphatic heterocycles. The minimum Gasteiger partial charge on any atom is -0.352 e. The largest absolute Gasteiger partial charge is 0.352 e. The summed E-state index contributed by atoms with van der Waals surface area (Å²) in [6.45, 7) is 1.39. The van der Waals surface area contributed by atoms with Gasteiger partial charge < -0.3 is 9.88 Å². The number of carbonyl (C=O) groups is 3. The lowest BCUT2D eigenvalue weighted by Gasteiger charge is -2.27. The van der Waals surface area contributed by atoms with Gasteiger partial charge in [0.05, 0.1) is 6.33 Å². The summed E-state index contributed by atoms with van der Waals surface area (Å²) < 4.78 is 1.99. The van der Waals surface area contributed by atoms with E-state index in [4.69, 9.17) is 0 Å². The number of imidazole rings is 1. The average molecular weight is 453 g/mol. The van der Waals surface area contributed by atoms with Gasteiger partial charge in [0.25, 0.3) is 11.8 Å². The highest BCUT2D eigenvalue weighted by molar-refractivity contribution is 6.25. The lowest BCUT2D eigenvalue weighted by atomic mass is 9.94. The van der Waals surface area contributed by atoms with Crippen LogP contribution in [-0.4, -0.2) is 38.7 Å². The van der Waals surface area contributed by atoms with E-state index in [2.05, 4.69) is 10.3 Å². The summed E-state index contributed by atoms with van der Waals surface area (Å²) in [5.74, 6) is -0.710. The van der Waals surface area contributed by atoms with Crippen molar-refractivity contribution < 1.29 is 14.4 Å². The molecule has 0 unspecified atom stereocenters. The molecular formula is C27H24N4O3. The standard InChI is InChI=1S/C27H24N4O3/c32-24(29-16-19-9-11-20(12-10-19)17-30-15-13-28-18-30)8-3-14-31-26(33)22-6-1-4-21-5-2-7-23(25(21)22)27(31)34/h1-2,4-7,9-13,15,18H,3,8,14,16-17H2,(H,29,32). The zero-order valence-corrected chi connectivity index (χ0v) is 18.6. The number of aromatic nitrogens is 2. The first-order chi connectivity index (χ1) is 16.6. The normalized spacial score (nSPS) is 12.9. The van der Waals surface area contributed by atoms with Crippen LogP contribution in [0.2, 0.25) is 0 Å². The average Bonchev–Trinajstić information content (AvgIpc) is 3.37. The third kappa shape index (κ3) is 4.32. The van der Waals surface area contributed by atoms with E-state index in [9.17, 15) is 14.4 Å². The molecule has 0 saturated carbocycles. The first-order valence-electron chi connectivity index (χ1n) is 11.3. The second-order valence-electron chi connectivity index (χ2n) is 8.40. The Balaban J connectivity index is 1.12. The Hall–Kier alpha value is -4.26. The molecule has 0 bridgehead atoms. The van der Waals surface area contributed by atoms with Crippen LogP contribution in [-0.2, 0) is 17.9 Å². The molecule has 0 saturated heterocycles. The van der Waals surface area contributed by atoms with Gasteiger partial charge in [-0.25, -0.2) is 4.98 Å². The third-order valence-corrected chi connectivity index (χ3v) is 6.08. The van der Waals surface area contributed by atoms with Crippen molar-refractivity contribution in [3.63, 3.8) is 0 Å². The zero-order chi connectivity index (χ0) is 23.5. The second kappa shape index (κ2) is 9.31. The molecule has 3 amide bonds. The number of hydrogen-bond donors (Lipinski definition) is 1. The van der Waals surface area contributed by atoms with Crippen molar-refractivity contribution in [2.45, 2.75) is 25.9 Å². The van der Waals surface area contributed by atoms with E-state index in [1.165, 1.54) is 4.90 Å². The molecule has 0 aliphatic carbocycles. The van der Waals surface area contributed by atoms with Gasteiger partial charge in [-0.1, -0.05) is 48.5 Å². The molecule has 7 heteroatoms. The highest BCUT2D eigenvalue weighted by atomic mass is 16.2. The van der Waals surface area contributed by atoms with E-state index in [1.54, 1.807) is 24.7 Å². The second-order valence-corrected chi connectivity index (χ2v) is 8.40. The summed E-state index contributed by atoms with van der Waals surface area (Å²) in [5.41, 5.74) is 3.23. The molecular weight excluding hydrogens is 428 g/mol. The molecule has 1 N–H and O–H groups in total. The minimum absolute atomic E-state index is 0.109. The van der Waals surface area contributed by atoms with Gasteiger partial charge in [0.2, 0.25) is 5.91 Å². The smallest absolute Gasteiger partial charge is 0.261 e. The van der Waals surface area contributed by atoms with Gasteiger partial charge in [-0.05, 0) is 35.1 Å². The summed E-state index contributed by atoms with van der Waals surface area (Å²) in [4.78, 5) is 43.5. The molecule has 0 spiro atoms. The number of rotatable bonds is 8. The van der Waals surface area contributed by atoms with Crippen LogP contribution in [0.1, 0.15) is 44.7 Å². The molecule has 7 nitrogen and oxygen atoms in total. The predicted octanol–water partition coefficient (Wildman–Crippen LogP) is 3.78. The summed E-state index contributed by atoms with van der Waals surface area (Å²) >= 11 is 0. The maximum atomic E-state index is 12.9.